The van der Waals surface area contributed by atoms with Crippen LogP contribution in [-0.4, -0.2) is 25.1 Å². The summed E-state index contributed by atoms with van der Waals surface area (Å²) in [6, 6.07) is 13.5. The Morgan fingerprint density at radius 2 is 1.89 bits per heavy atom. The Labute approximate surface area is 163 Å². The maximum atomic E-state index is 12.3. The molecule has 0 atom stereocenters. The second-order valence-electron chi connectivity index (χ2n) is 5.97. The van der Waals surface area contributed by atoms with Crippen molar-refractivity contribution in [3.05, 3.63) is 58.4 Å². The molecule has 5 nitrogen and oxygen atoms in total. The summed E-state index contributed by atoms with van der Waals surface area (Å²) in [6.07, 6.45) is 1.21. The Hall–Kier alpha value is -2.86. The molecule has 0 aliphatic carbocycles. The molecule has 0 fully saturated rings. The molecule has 0 saturated carbocycles. The number of amides is 1. The van der Waals surface area contributed by atoms with Crippen LogP contribution in [-0.2, 0) is 17.6 Å². The highest BCUT2D eigenvalue weighted by molar-refractivity contribution is 7.10. The third-order valence-corrected chi connectivity index (χ3v) is 5.04. The number of benzene rings is 2. The Morgan fingerprint density at radius 3 is 2.56 bits per heavy atom. The van der Waals surface area contributed by atoms with E-state index in [1.54, 1.807) is 14.2 Å². The molecule has 1 aromatic heterocycles. The first-order valence-electron chi connectivity index (χ1n) is 8.68. The molecule has 0 radical (unpaired) electrons. The van der Waals surface area contributed by atoms with Crippen LogP contribution in [0.25, 0.3) is 11.3 Å². The van der Waals surface area contributed by atoms with Crippen LogP contribution >= 0.6 is 11.3 Å². The number of rotatable bonds is 7. The second kappa shape index (κ2) is 8.68. The number of hydrogen-bond acceptors (Lipinski definition) is 5. The van der Waals surface area contributed by atoms with Crippen molar-refractivity contribution in [2.75, 3.05) is 19.5 Å². The molecular formula is C21H22N2O3S. The molecule has 0 aliphatic heterocycles. The lowest BCUT2D eigenvalue weighted by molar-refractivity contribution is -0.115. The number of nitrogens with one attached hydrogen (secondary N) is 1. The second-order valence-corrected chi connectivity index (χ2v) is 6.91. The zero-order valence-corrected chi connectivity index (χ0v) is 16.4. The van der Waals surface area contributed by atoms with Gasteiger partial charge in [0.1, 0.15) is 16.5 Å². The molecule has 1 heterocycles. The van der Waals surface area contributed by atoms with Crippen LogP contribution in [0.3, 0.4) is 0 Å². The highest BCUT2D eigenvalue weighted by atomic mass is 32.1. The van der Waals surface area contributed by atoms with Gasteiger partial charge in [-0.1, -0.05) is 19.1 Å². The molecule has 0 spiro atoms. The molecule has 1 N–H and O–H groups in total. The first-order valence-corrected chi connectivity index (χ1v) is 9.56. The normalized spacial score (nSPS) is 10.5. The fourth-order valence-electron chi connectivity index (χ4n) is 2.69. The first kappa shape index (κ1) is 18.9. The van der Waals surface area contributed by atoms with Gasteiger partial charge in [-0.2, -0.15) is 0 Å². The molecular weight excluding hydrogens is 360 g/mol. The van der Waals surface area contributed by atoms with Gasteiger partial charge in [0.25, 0.3) is 0 Å². The van der Waals surface area contributed by atoms with Crippen LogP contribution in [0.2, 0.25) is 0 Å². The van der Waals surface area contributed by atoms with Crippen molar-refractivity contribution in [1.29, 1.82) is 0 Å². The summed E-state index contributed by atoms with van der Waals surface area (Å²) < 4.78 is 10.7. The summed E-state index contributed by atoms with van der Waals surface area (Å²) in [5.41, 5.74) is 3.70. The number of aromatic nitrogens is 1. The number of ether oxygens (including phenoxy) is 2. The van der Waals surface area contributed by atoms with Crippen LogP contribution in [0.5, 0.6) is 11.5 Å². The van der Waals surface area contributed by atoms with Crippen molar-refractivity contribution < 1.29 is 14.3 Å². The Balaban J connectivity index is 1.69. The van der Waals surface area contributed by atoms with Crippen LogP contribution in [0.1, 0.15) is 17.5 Å². The minimum Gasteiger partial charge on any atom is -0.497 e. The maximum absolute atomic E-state index is 12.3. The Bertz CT molecular complexity index is 919. The summed E-state index contributed by atoms with van der Waals surface area (Å²) >= 11 is 1.46. The predicted octanol–water partition coefficient (Wildman–Crippen LogP) is 4.57. The van der Waals surface area contributed by atoms with Crippen LogP contribution < -0.4 is 14.8 Å². The number of carbonyl (C=O) groups is 1. The molecule has 3 aromatic rings. The van der Waals surface area contributed by atoms with E-state index in [1.165, 1.54) is 16.9 Å². The lowest BCUT2D eigenvalue weighted by Gasteiger charge is -2.08. The van der Waals surface area contributed by atoms with Gasteiger partial charge in [0, 0.05) is 22.7 Å². The largest absolute Gasteiger partial charge is 0.497 e. The average Bonchev–Trinajstić information content (AvgIpc) is 3.16. The third-order valence-electron chi connectivity index (χ3n) is 4.19. The average molecular weight is 382 g/mol. The number of thiazole rings is 1. The zero-order valence-electron chi connectivity index (χ0n) is 15.6. The highest BCUT2D eigenvalue weighted by Crippen LogP contribution is 2.33. The molecule has 0 saturated heterocycles. The van der Waals surface area contributed by atoms with E-state index in [0.29, 0.717) is 5.75 Å². The number of aryl methyl sites for hydroxylation is 1. The number of carbonyl (C=O) groups excluding carboxylic acids is 1. The maximum Gasteiger partial charge on any atom is 0.231 e. The fraction of sp³-hybridized carbons (Fsp3) is 0.238. The van der Waals surface area contributed by atoms with Crippen LogP contribution in [0.15, 0.2) is 47.8 Å². The van der Waals surface area contributed by atoms with E-state index in [9.17, 15) is 4.79 Å². The summed E-state index contributed by atoms with van der Waals surface area (Å²) in [6.45, 7) is 2.10. The van der Waals surface area contributed by atoms with Gasteiger partial charge in [-0.3, -0.25) is 4.79 Å². The molecule has 140 valence electrons. The van der Waals surface area contributed by atoms with E-state index < -0.39 is 0 Å². The molecule has 0 bridgehead atoms. The lowest BCUT2D eigenvalue weighted by atomic mass is 10.1. The standard InChI is InChI=1S/C21H22N2O3S/c1-4-14-5-7-15(8-6-14)22-20(24)12-21-23-18(13-27-21)17-10-9-16(25-2)11-19(17)26-3/h5-11,13H,4,12H2,1-3H3,(H,22,24). The van der Waals surface area contributed by atoms with Gasteiger partial charge < -0.3 is 14.8 Å². The van der Waals surface area contributed by atoms with Crippen molar-refractivity contribution in [1.82, 2.24) is 4.98 Å². The summed E-state index contributed by atoms with van der Waals surface area (Å²) in [5, 5.41) is 5.60. The van der Waals surface area contributed by atoms with Gasteiger partial charge in [0.2, 0.25) is 5.91 Å². The van der Waals surface area contributed by atoms with Crippen molar-refractivity contribution in [2.24, 2.45) is 0 Å². The van der Waals surface area contributed by atoms with Gasteiger partial charge in [0.15, 0.2) is 0 Å². The van der Waals surface area contributed by atoms with E-state index >= 15 is 0 Å². The summed E-state index contributed by atoms with van der Waals surface area (Å²) in [4.78, 5) is 16.9. The number of hydrogen-bond donors (Lipinski definition) is 1. The predicted molar refractivity (Wildman–Crippen MR) is 109 cm³/mol. The Kier molecular flexibility index (Phi) is 6.08. The smallest absolute Gasteiger partial charge is 0.231 e. The minimum absolute atomic E-state index is 0.0816. The zero-order chi connectivity index (χ0) is 19.2. The summed E-state index contributed by atoms with van der Waals surface area (Å²) in [5.74, 6) is 1.33. The van der Waals surface area contributed by atoms with Gasteiger partial charge in [-0.05, 0) is 36.2 Å². The number of anilines is 1. The van der Waals surface area contributed by atoms with E-state index in [0.717, 1.165) is 34.1 Å². The van der Waals surface area contributed by atoms with Crippen LogP contribution in [0.4, 0.5) is 5.69 Å². The molecule has 6 heteroatoms. The molecule has 27 heavy (non-hydrogen) atoms. The highest BCUT2D eigenvalue weighted by Gasteiger charge is 2.13. The van der Waals surface area contributed by atoms with Crippen molar-refractivity contribution in [3.8, 4) is 22.8 Å². The van der Waals surface area contributed by atoms with E-state index in [2.05, 4.69) is 17.2 Å². The van der Waals surface area contributed by atoms with E-state index in [4.69, 9.17) is 9.47 Å². The third kappa shape index (κ3) is 4.65. The minimum atomic E-state index is -0.0816. The fourth-order valence-corrected chi connectivity index (χ4v) is 3.49. The topological polar surface area (TPSA) is 60.5 Å². The molecule has 3 rings (SSSR count). The SMILES string of the molecule is CCc1ccc(NC(=O)Cc2nc(-c3ccc(OC)cc3OC)cs2)cc1. The summed E-state index contributed by atoms with van der Waals surface area (Å²) in [7, 11) is 3.23. The monoisotopic (exact) mass is 382 g/mol. The quantitative estimate of drug-likeness (QED) is 0.650. The van der Waals surface area contributed by atoms with Gasteiger partial charge in [0.05, 0.1) is 26.3 Å². The van der Waals surface area contributed by atoms with Crippen molar-refractivity contribution in [2.45, 2.75) is 19.8 Å². The van der Waals surface area contributed by atoms with E-state index in [-0.39, 0.29) is 12.3 Å². The Morgan fingerprint density at radius 1 is 1.11 bits per heavy atom. The van der Waals surface area contributed by atoms with Gasteiger partial charge >= 0.3 is 0 Å². The molecule has 0 unspecified atom stereocenters. The number of nitrogens with zero attached hydrogens (tertiary/aromatic N) is 1. The van der Waals surface area contributed by atoms with Gasteiger partial charge in [-0.15, -0.1) is 11.3 Å². The van der Waals surface area contributed by atoms with Crippen molar-refractivity contribution in [3.63, 3.8) is 0 Å². The molecule has 2 aromatic carbocycles. The van der Waals surface area contributed by atoms with Gasteiger partial charge in [-0.25, -0.2) is 4.98 Å². The molecule has 1 amide bonds. The number of methoxy groups -OCH3 is 2. The lowest BCUT2D eigenvalue weighted by Crippen LogP contribution is -2.14. The molecule has 0 aliphatic rings. The van der Waals surface area contributed by atoms with Crippen LogP contribution in [0, 0.1) is 0 Å². The van der Waals surface area contributed by atoms with E-state index in [1.807, 2.05) is 47.8 Å². The van der Waals surface area contributed by atoms with Crippen molar-refractivity contribution >= 4 is 22.9 Å². The first-order chi connectivity index (χ1) is 13.1.